The fourth-order valence-corrected chi connectivity index (χ4v) is 10.7. The fourth-order valence-electron chi connectivity index (χ4n) is 9.90. The Morgan fingerprint density at radius 1 is 0.642 bits per heavy atom. The monoisotopic (exact) mass is 816 g/mol. The van der Waals surface area contributed by atoms with E-state index in [-0.39, 0.29) is 35.6 Å². The number of hydrogen-bond donors (Lipinski definition) is 0. The van der Waals surface area contributed by atoms with Gasteiger partial charge in [0.25, 0.3) is 0 Å². The Balaban J connectivity index is 0.000000154. The van der Waals surface area contributed by atoms with E-state index in [4.69, 9.17) is 0 Å². The number of allylic oxidation sites excluding steroid dienone is 4. The van der Waals surface area contributed by atoms with Crippen LogP contribution >= 0.6 is 0 Å². The van der Waals surface area contributed by atoms with Crippen molar-refractivity contribution in [3.8, 4) is 0 Å². The Morgan fingerprint density at radius 3 is 1.42 bits per heavy atom. The normalized spacial score (nSPS) is 22.8. The van der Waals surface area contributed by atoms with Crippen LogP contribution in [0.2, 0.25) is 0 Å². The molecule has 5 aromatic carbocycles. The summed E-state index contributed by atoms with van der Waals surface area (Å²) in [6.07, 6.45) is 16.3. The third-order valence-corrected chi connectivity index (χ3v) is 13.6. The van der Waals surface area contributed by atoms with Crippen LogP contribution in [0, 0.1) is 29.2 Å². The van der Waals surface area contributed by atoms with Gasteiger partial charge in [-0.2, -0.15) is 6.08 Å². The Bertz CT molecular complexity index is 1940. The molecule has 5 aliphatic rings. The summed E-state index contributed by atoms with van der Waals surface area (Å²) in [4.78, 5) is 0. The Labute approximate surface area is 347 Å². The van der Waals surface area contributed by atoms with Gasteiger partial charge in [-0.3, -0.25) is 6.08 Å². The Kier molecular flexibility index (Phi) is 13.2. The van der Waals surface area contributed by atoms with Gasteiger partial charge in [0, 0.05) is 0 Å². The molecule has 0 aromatic heterocycles. The van der Waals surface area contributed by atoms with Crippen molar-refractivity contribution in [2.24, 2.45) is 23.2 Å². The van der Waals surface area contributed by atoms with Gasteiger partial charge in [0.1, 0.15) is 0 Å². The molecule has 0 heterocycles. The molecule has 4 saturated carbocycles. The van der Waals surface area contributed by atoms with Crippen LogP contribution < -0.4 is 24.8 Å². The van der Waals surface area contributed by atoms with Gasteiger partial charge in [0.05, 0.1) is 0 Å². The molecule has 0 spiro atoms. The van der Waals surface area contributed by atoms with E-state index in [1.54, 1.807) is 30.4 Å². The number of rotatable bonds is 3. The predicted molar refractivity (Wildman–Crippen MR) is 216 cm³/mol. The van der Waals surface area contributed by atoms with E-state index in [2.05, 4.69) is 164 Å². The summed E-state index contributed by atoms with van der Waals surface area (Å²) in [7, 11) is 0. The second kappa shape index (κ2) is 16.7. The number of benzene rings is 4. The minimum atomic E-state index is 0. The van der Waals surface area contributed by atoms with E-state index in [9.17, 15) is 0 Å². The third kappa shape index (κ3) is 9.17. The van der Waals surface area contributed by atoms with Gasteiger partial charge in [0.15, 0.2) is 0 Å². The van der Waals surface area contributed by atoms with E-state index in [1.165, 1.54) is 90.5 Å². The first kappa shape index (κ1) is 41.7. The van der Waals surface area contributed by atoms with Crippen LogP contribution in [-0.4, -0.2) is 3.21 Å². The quantitative estimate of drug-likeness (QED) is 0.167. The van der Waals surface area contributed by atoms with Crippen molar-refractivity contribution in [3.63, 3.8) is 0 Å². The molecule has 276 valence electrons. The second-order valence-corrected chi connectivity index (χ2v) is 19.4. The van der Waals surface area contributed by atoms with Gasteiger partial charge in [-0.1, -0.05) is 76.9 Å². The number of fused-ring (bicyclic) bond motifs is 3. The summed E-state index contributed by atoms with van der Waals surface area (Å²) in [5.41, 5.74) is 9.67. The van der Waals surface area contributed by atoms with Crippen molar-refractivity contribution in [1.82, 2.24) is 0 Å². The van der Waals surface area contributed by atoms with Gasteiger partial charge in [-0.25, -0.2) is 11.1 Å². The molecule has 0 saturated heterocycles. The molecule has 0 nitrogen and oxygen atoms in total. The van der Waals surface area contributed by atoms with E-state index < -0.39 is 0 Å². The summed E-state index contributed by atoms with van der Waals surface area (Å²) in [6, 6.07) is 37.3. The Hall–Kier alpha value is -2.44. The SMILES string of the molecule is CC(C)(C)c1ccc2c(c1)[cH-]c1cc(C(C)(C)C)ccc12.CC1=CC[C-]=C1C12CC3CC(CC(C3)C1)C2.[Cl-].[Cl-].[Zr+2]=[C](c1ccccc1)c1ccccc1. The molecular formula is C50H56Cl2Zr-2. The third-order valence-electron chi connectivity index (χ3n) is 12.2. The van der Waals surface area contributed by atoms with Crippen molar-refractivity contribution >= 4 is 24.8 Å². The molecule has 3 heteroatoms. The maximum absolute atomic E-state index is 3.69. The van der Waals surface area contributed by atoms with E-state index in [1.807, 2.05) is 0 Å². The molecule has 0 atom stereocenters. The molecule has 0 aliphatic heterocycles. The fraction of sp³-hybridized carbons (Fsp3) is 0.400. The summed E-state index contributed by atoms with van der Waals surface area (Å²) < 4.78 is 1.42. The van der Waals surface area contributed by atoms with Crippen molar-refractivity contribution < 1.29 is 49.0 Å². The first-order valence-electron chi connectivity index (χ1n) is 19.4. The van der Waals surface area contributed by atoms with Gasteiger partial charge < -0.3 is 24.8 Å². The van der Waals surface area contributed by atoms with Crippen molar-refractivity contribution in [1.29, 1.82) is 0 Å². The zero-order chi connectivity index (χ0) is 36.0. The molecule has 5 aliphatic carbocycles. The predicted octanol–water partition coefficient (Wildman–Crippen LogP) is 7.40. The molecule has 0 amide bonds. The minimum absolute atomic E-state index is 0. The maximum atomic E-state index is 3.69. The molecule has 53 heavy (non-hydrogen) atoms. The molecule has 4 bridgehead atoms. The summed E-state index contributed by atoms with van der Waals surface area (Å²) in [5.74, 6) is 3.19. The summed E-state index contributed by atoms with van der Waals surface area (Å²) in [5, 5.41) is 5.48. The summed E-state index contributed by atoms with van der Waals surface area (Å²) >= 11 is 1.46. The average Bonchev–Trinajstić information content (AvgIpc) is 3.71. The van der Waals surface area contributed by atoms with Crippen LogP contribution in [0.3, 0.4) is 0 Å². The van der Waals surface area contributed by atoms with Gasteiger partial charge in [-0.05, 0) is 72.5 Å². The van der Waals surface area contributed by atoms with Crippen LogP contribution in [-0.2, 0) is 35.1 Å². The van der Waals surface area contributed by atoms with E-state index in [0.29, 0.717) is 5.41 Å². The molecular weight excluding hydrogens is 763 g/mol. The first-order valence-corrected chi connectivity index (χ1v) is 20.6. The van der Waals surface area contributed by atoms with Gasteiger partial charge in [-0.15, -0.1) is 53.1 Å². The second-order valence-electron chi connectivity index (χ2n) is 18.2. The molecule has 0 radical (unpaired) electrons. The van der Waals surface area contributed by atoms with E-state index in [0.717, 1.165) is 24.2 Å². The molecule has 5 aromatic rings. The first-order chi connectivity index (χ1) is 24.3. The molecule has 0 unspecified atom stereocenters. The zero-order valence-corrected chi connectivity index (χ0v) is 36.8. The van der Waals surface area contributed by atoms with Crippen molar-refractivity contribution in [3.05, 3.63) is 149 Å². The number of halogens is 2. The summed E-state index contributed by atoms with van der Waals surface area (Å²) in [6.45, 7) is 15.9. The van der Waals surface area contributed by atoms with Crippen molar-refractivity contribution in [2.45, 2.75) is 104 Å². The standard InChI is InChI=1S/C21H25.C16H21.C13H10.2ClH.Zr/c1-20(2,3)16-7-9-18-14(12-16)11-15-13-17(21(4,5)6)8-10-19(15)18;1-11-3-2-4-15(11)16-8-12-5-13(9-16)7-14(6-12)10-16;1-3-7-12(8-4-1)11-13-9-5-2-6-10-13;;;/h7-13H,1-6H3;3,12-14H,2,5-10H2,1H3;1-10H;2*1H;/q2*-1;;;;+2/p-2. The topological polar surface area (TPSA) is 0 Å². The van der Waals surface area contributed by atoms with Gasteiger partial charge in [0.2, 0.25) is 0 Å². The number of hydrogen-bond acceptors (Lipinski definition) is 0. The van der Waals surface area contributed by atoms with Crippen LogP contribution in [0.4, 0.5) is 0 Å². The van der Waals surface area contributed by atoms with Crippen LogP contribution in [0.1, 0.15) is 116 Å². The van der Waals surface area contributed by atoms with Crippen molar-refractivity contribution in [2.75, 3.05) is 0 Å². The zero-order valence-electron chi connectivity index (χ0n) is 32.8. The average molecular weight is 819 g/mol. The van der Waals surface area contributed by atoms with E-state index >= 15 is 0 Å². The van der Waals surface area contributed by atoms with Crippen LogP contribution in [0.25, 0.3) is 21.5 Å². The molecule has 4 fully saturated rings. The van der Waals surface area contributed by atoms with Crippen LogP contribution in [0.5, 0.6) is 0 Å². The molecule has 0 N–H and O–H groups in total. The molecule has 10 rings (SSSR count). The Morgan fingerprint density at radius 2 is 1.06 bits per heavy atom. The van der Waals surface area contributed by atoms with Gasteiger partial charge >= 0.3 is 99.2 Å². The van der Waals surface area contributed by atoms with Crippen LogP contribution in [0.15, 0.2) is 120 Å².